The Morgan fingerprint density at radius 1 is 1.41 bits per heavy atom. The number of aliphatic hydroxyl groups is 4. The van der Waals surface area contributed by atoms with Crippen molar-refractivity contribution in [2.75, 3.05) is 11.9 Å². The first kappa shape index (κ1) is 18.2. The molecule has 1 aliphatic heterocycles. The molecule has 2 heterocycles. The van der Waals surface area contributed by atoms with Gasteiger partial charge < -0.3 is 35.5 Å². The normalized spacial score (nSPS) is 27.0. The van der Waals surface area contributed by atoms with Crippen molar-refractivity contribution in [1.82, 2.24) is 9.97 Å². The maximum Gasteiger partial charge on any atom is 0.346 e. The minimum Gasteiger partial charge on any atom is -0.394 e. The molecule has 0 aromatic carbocycles. The van der Waals surface area contributed by atoms with Crippen molar-refractivity contribution in [3.8, 4) is 0 Å². The maximum atomic E-state index is 10.8. The lowest BCUT2D eigenvalue weighted by Crippen LogP contribution is -2.33. The number of amides is 1. The Morgan fingerprint density at radius 2 is 2.09 bits per heavy atom. The van der Waals surface area contributed by atoms with Gasteiger partial charge in [-0.2, -0.15) is 4.98 Å². The molecule has 124 valence electrons. The lowest BCUT2D eigenvalue weighted by atomic mass is 10.1. The molecular weight excluding hydrogens is 298 g/mol. The summed E-state index contributed by atoms with van der Waals surface area (Å²) >= 11 is 0. The number of aromatic amines is 1. The fourth-order valence-corrected chi connectivity index (χ4v) is 1.55. The number of aliphatic hydroxyl groups excluding tert-OH is 4. The van der Waals surface area contributed by atoms with Crippen LogP contribution in [0, 0.1) is 0 Å². The SMILES string of the molecule is CCC(=O)Nc1cc[nH]c(=O)n1.OC[C@H]1OC(O)[C@@H](O)[C@@H]1O. The van der Waals surface area contributed by atoms with E-state index in [0.29, 0.717) is 6.42 Å². The fraction of sp³-hybridized carbons (Fsp3) is 0.583. The van der Waals surface area contributed by atoms with Crippen molar-refractivity contribution in [3.63, 3.8) is 0 Å². The molecule has 6 N–H and O–H groups in total. The molecule has 10 heteroatoms. The van der Waals surface area contributed by atoms with Crippen molar-refractivity contribution in [1.29, 1.82) is 0 Å². The molecule has 10 nitrogen and oxygen atoms in total. The monoisotopic (exact) mass is 317 g/mol. The summed E-state index contributed by atoms with van der Waals surface area (Å²) in [6.07, 6.45) is -2.95. The summed E-state index contributed by atoms with van der Waals surface area (Å²) in [6, 6.07) is 1.52. The second-order valence-corrected chi connectivity index (χ2v) is 4.41. The van der Waals surface area contributed by atoms with E-state index in [-0.39, 0.29) is 11.7 Å². The molecule has 0 radical (unpaired) electrons. The van der Waals surface area contributed by atoms with Crippen LogP contribution < -0.4 is 11.0 Å². The van der Waals surface area contributed by atoms with Crippen molar-refractivity contribution in [3.05, 3.63) is 22.7 Å². The van der Waals surface area contributed by atoms with E-state index in [2.05, 4.69) is 20.0 Å². The highest BCUT2D eigenvalue weighted by molar-refractivity contribution is 5.89. The van der Waals surface area contributed by atoms with Gasteiger partial charge in [0.25, 0.3) is 0 Å². The molecule has 4 atom stereocenters. The predicted octanol–water partition coefficient (Wildman–Crippen LogP) is -2.46. The molecule has 1 aliphatic rings. The number of rotatable bonds is 3. The van der Waals surface area contributed by atoms with Crippen LogP contribution in [0.2, 0.25) is 0 Å². The van der Waals surface area contributed by atoms with Gasteiger partial charge in [-0.1, -0.05) is 6.92 Å². The van der Waals surface area contributed by atoms with E-state index in [1.54, 1.807) is 6.92 Å². The highest BCUT2D eigenvalue weighted by Crippen LogP contribution is 2.18. The summed E-state index contributed by atoms with van der Waals surface area (Å²) in [5.41, 5.74) is -0.469. The third-order valence-corrected chi connectivity index (χ3v) is 2.78. The maximum absolute atomic E-state index is 10.8. The molecule has 1 saturated heterocycles. The molecular formula is C12H19N3O7. The average Bonchev–Trinajstić information content (AvgIpc) is 2.75. The highest BCUT2D eigenvalue weighted by Gasteiger charge is 2.41. The Bertz CT molecular complexity index is 535. The summed E-state index contributed by atoms with van der Waals surface area (Å²) in [7, 11) is 0. The van der Waals surface area contributed by atoms with E-state index in [0.717, 1.165) is 0 Å². The lowest BCUT2D eigenvalue weighted by molar-refractivity contribution is -0.132. The van der Waals surface area contributed by atoms with E-state index in [4.69, 9.17) is 20.4 Å². The number of carbonyl (C=O) groups excluding carboxylic acids is 1. The first-order chi connectivity index (χ1) is 10.4. The number of H-pyrrole nitrogens is 1. The van der Waals surface area contributed by atoms with Crippen LogP contribution in [0.15, 0.2) is 17.1 Å². The number of aromatic nitrogens is 2. The Morgan fingerprint density at radius 3 is 2.50 bits per heavy atom. The average molecular weight is 317 g/mol. The number of nitrogens with one attached hydrogen (secondary N) is 2. The summed E-state index contributed by atoms with van der Waals surface area (Å²) in [5, 5.41) is 37.4. The number of hydrogen-bond donors (Lipinski definition) is 6. The summed E-state index contributed by atoms with van der Waals surface area (Å²) in [5.74, 6) is 0.124. The molecule has 1 aromatic rings. The van der Waals surface area contributed by atoms with Gasteiger partial charge in [-0.05, 0) is 6.07 Å². The van der Waals surface area contributed by atoms with Crippen LogP contribution in [0.5, 0.6) is 0 Å². The van der Waals surface area contributed by atoms with Gasteiger partial charge in [-0.15, -0.1) is 0 Å². The molecule has 2 rings (SSSR count). The van der Waals surface area contributed by atoms with E-state index >= 15 is 0 Å². The molecule has 1 aromatic heterocycles. The van der Waals surface area contributed by atoms with E-state index < -0.39 is 36.9 Å². The third-order valence-electron chi connectivity index (χ3n) is 2.78. The molecule has 0 spiro atoms. The van der Waals surface area contributed by atoms with Crippen molar-refractivity contribution in [2.24, 2.45) is 0 Å². The van der Waals surface area contributed by atoms with E-state index in [1.807, 2.05) is 0 Å². The smallest absolute Gasteiger partial charge is 0.346 e. The van der Waals surface area contributed by atoms with E-state index in [9.17, 15) is 9.59 Å². The first-order valence-electron chi connectivity index (χ1n) is 6.55. The first-order valence-corrected chi connectivity index (χ1v) is 6.55. The molecule has 1 fully saturated rings. The quantitative estimate of drug-likeness (QED) is 0.357. The van der Waals surface area contributed by atoms with Gasteiger partial charge in [-0.25, -0.2) is 4.79 Å². The van der Waals surface area contributed by atoms with Gasteiger partial charge in [0.05, 0.1) is 6.61 Å². The standard InChI is InChI=1S/C7H9N3O2.C5H10O5/c1-2-6(11)9-5-3-4-8-7(12)10-5;6-1-2-3(7)4(8)5(9)10-2/h3-4H,2H2,1H3,(H2,8,9,10,11,12);2-9H,1H2/t;2-,3-,4+,5?/m.1/s1. The Hall–Kier alpha value is -1.85. The number of ether oxygens (including phenoxy) is 1. The molecule has 1 unspecified atom stereocenters. The highest BCUT2D eigenvalue weighted by atomic mass is 16.6. The van der Waals surface area contributed by atoms with Crippen LogP contribution in [0.25, 0.3) is 0 Å². The number of anilines is 1. The van der Waals surface area contributed by atoms with Gasteiger partial charge >= 0.3 is 5.69 Å². The van der Waals surface area contributed by atoms with Crippen LogP contribution in [0.1, 0.15) is 13.3 Å². The summed E-state index contributed by atoms with van der Waals surface area (Å²) in [4.78, 5) is 27.3. The van der Waals surface area contributed by atoms with Gasteiger partial charge in [0.15, 0.2) is 6.29 Å². The lowest BCUT2D eigenvalue weighted by Gasteiger charge is -2.09. The van der Waals surface area contributed by atoms with Gasteiger partial charge in [-0.3, -0.25) is 4.79 Å². The molecule has 0 saturated carbocycles. The van der Waals surface area contributed by atoms with Crippen molar-refractivity contribution < 1.29 is 30.0 Å². The zero-order valence-corrected chi connectivity index (χ0v) is 11.8. The van der Waals surface area contributed by atoms with Crippen LogP contribution in [0.4, 0.5) is 5.82 Å². The molecule has 0 aliphatic carbocycles. The zero-order valence-electron chi connectivity index (χ0n) is 11.8. The molecule has 1 amide bonds. The predicted molar refractivity (Wildman–Crippen MR) is 73.8 cm³/mol. The minimum atomic E-state index is -1.38. The van der Waals surface area contributed by atoms with Crippen LogP contribution in [-0.2, 0) is 9.53 Å². The third kappa shape index (κ3) is 5.16. The zero-order chi connectivity index (χ0) is 16.7. The van der Waals surface area contributed by atoms with Crippen LogP contribution >= 0.6 is 0 Å². The van der Waals surface area contributed by atoms with Crippen LogP contribution in [0.3, 0.4) is 0 Å². The Labute approximate surface area is 125 Å². The largest absolute Gasteiger partial charge is 0.394 e. The number of nitrogens with zero attached hydrogens (tertiary/aromatic N) is 1. The Balaban J connectivity index is 0.000000224. The minimum absolute atomic E-state index is 0.159. The topological polar surface area (TPSA) is 165 Å². The number of hydrogen-bond acceptors (Lipinski definition) is 8. The summed E-state index contributed by atoms with van der Waals surface area (Å²) < 4.78 is 4.54. The second kappa shape index (κ2) is 8.56. The number of carbonyl (C=O) groups is 1. The molecule has 22 heavy (non-hydrogen) atoms. The fourth-order valence-electron chi connectivity index (χ4n) is 1.55. The Kier molecular flexibility index (Phi) is 7.08. The van der Waals surface area contributed by atoms with Gasteiger partial charge in [0.2, 0.25) is 5.91 Å². The summed E-state index contributed by atoms with van der Waals surface area (Å²) in [6.45, 7) is 1.32. The second-order valence-electron chi connectivity index (χ2n) is 4.41. The van der Waals surface area contributed by atoms with Crippen molar-refractivity contribution in [2.45, 2.75) is 37.9 Å². The van der Waals surface area contributed by atoms with E-state index in [1.165, 1.54) is 12.3 Å². The van der Waals surface area contributed by atoms with Crippen LogP contribution in [-0.4, -0.2) is 67.5 Å². The molecule has 0 bridgehead atoms. The van der Waals surface area contributed by atoms with Gasteiger partial charge in [0, 0.05) is 12.6 Å². The van der Waals surface area contributed by atoms with Gasteiger partial charge in [0.1, 0.15) is 24.1 Å². The van der Waals surface area contributed by atoms with Crippen molar-refractivity contribution >= 4 is 11.7 Å².